The van der Waals surface area contributed by atoms with Gasteiger partial charge in [-0.1, -0.05) is 48.0 Å². The number of anilines is 1. The van der Waals surface area contributed by atoms with Crippen LogP contribution in [0.4, 0.5) is 5.69 Å². The third kappa shape index (κ3) is 4.02. The fourth-order valence-electron chi connectivity index (χ4n) is 3.36. The van der Waals surface area contributed by atoms with Crippen LogP contribution in [0.1, 0.15) is 16.7 Å². The molecule has 1 aliphatic heterocycles. The zero-order valence-corrected chi connectivity index (χ0v) is 16.9. The van der Waals surface area contributed by atoms with E-state index in [-0.39, 0.29) is 17.5 Å². The summed E-state index contributed by atoms with van der Waals surface area (Å²) in [6.07, 6.45) is 3.46. The number of sulfonamides is 1. The Kier molecular flexibility index (Phi) is 5.10. The van der Waals surface area contributed by atoms with Gasteiger partial charge in [0.05, 0.1) is 12.0 Å². The summed E-state index contributed by atoms with van der Waals surface area (Å²) in [7, 11) is -3.76. The van der Waals surface area contributed by atoms with E-state index in [9.17, 15) is 13.2 Å². The highest BCUT2D eigenvalue weighted by Gasteiger charge is 2.32. The Balaban J connectivity index is 1.41. The number of para-hydroxylation sites is 1. The average molecular weight is 410 g/mol. The second kappa shape index (κ2) is 7.71. The molecule has 29 heavy (non-hydrogen) atoms. The summed E-state index contributed by atoms with van der Waals surface area (Å²) in [5.74, 6) is -0.210. The Morgan fingerprint density at radius 2 is 1.90 bits per heavy atom. The van der Waals surface area contributed by atoms with Gasteiger partial charge in [-0.2, -0.15) is 8.42 Å². The molecule has 0 radical (unpaired) electrons. The van der Waals surface area contributed by atoms with Crippen molar-refractivity contribution in [2.45, 2.75) is 31.5 Å². The number of nitrogens with one attached hydrogen (secondary N) is 1. The summed E-state index contributed by atoms with van der Waals surface area (Å²) in [4.78, 5) is 16.3. The molecule has 0 bridgehead atoms. The first-order valence-corrected chi connectivity index (χ1v) is 10.8. The summed E-state index contributed by atoms with van der Waals surface area (Å²) in [5.41, 5.74) is 3.86. The van der Waals surface area contributed by atoms with E-state index in [4.69, 9.17) is 0 Å². The topological polar surface area (TPSA) is 84.3 Å². The highest BCUT2D eigenvalue weighted by atomic mass is 32.2. The van der Waals surface area contributed by atoms with E-state index in [1.807, 2.05) is 49.4 Å². The molecule has 2 aromatic carbocycles. The molecule has 0 saturated heterocycles. The number of nitrogens with zero attached hydrogens (tertiary/aromatic N) is 3. The van der Waals surface area contributed by atoms with Crippen molar-refractivity contribution in [3.05, 3.63) is 77.7 Å². The zero-order valence-electron chi connectivity index (χ0n) is 16.1. The number of amides is 1. The van der Waals surface area contributed by atoms with Gasteiger partial charge in [-0.3, -0.25) is 9.10 Å². The predicted octanol–water partition coefficient (Wildman–Crippen LogP) is 2.26. The molecule has 7 nitrogen and oxygen atoms in total. The monoisotopic (exact) mass is 410 g/mol. The number of aromatic nitrogens is 2. The molecule has 0 saturated carbocycles. The lowest BCUT2D eigenvalue weighted by atomic mass is 10.1. The van der Waals surface area contributed by atoms with Gasteiger partial charge < -0.3 is 9.88 Å². The van der Waals surface area contributed by atoms with Gasteiger partial charge in [0.25, 0.3) is 10.0 Å². The Hall–Kier alpha value is -3.13. The normalized spacial score (nSPS) is 13.3. The fraction of sp³-hybridized carbons (Fsp3) is 0.238. The Morgan fingerprint density at radius 3 is 2.69 bits per heavy atom. The van der Waals surface area contributed by atoms with E-state index in [0.29, 0.717) is 25.2 Å². The van der Waals surface area contributed by atoms with Gasteiger partial charge in [0.2, 0.25) is 5.91 Å². The van der Waals surface area contributed by atoms with E-state index in [2.05, 4.69) is 10.3 Å². The van der Waals surface area contributed by atoms with Crippen LogP contribution in [0.25, 0.3) is 0 Å². The van der Waals surface area contributed by atoms with E-state index < -0.39 is 10.0 Å². The summed E-state index contributed by atoms with van der Waals surface area (Å²) >= 11 is 0. The van der Waals surface area contributed by atoms with E-state index in [1.165, 1.54) is 21.4 Å². The largest absolute Gasteiger partial charge is 0.350 e. The van der Waals surface area contributed by atoms with Crippen LogP contribution in [-0.2, 0) is 34.3 Å². The number of hydrogen-bond donors (Lipinski definition) is 1. The number of rotatable bonds is 6. The van der Waals surface area contributed by atoms with Crippen LogP contribution < -0.4 is 9.62 Å². The molecule has 0 fully saturated rings. The van der Waals surface area contributed by atoms with Gasteiger partial charge in [-0.15, -0.1) is 0 Å². The van der Waals surface area contributed by atoms with Gasteiger partial charge in [0, 0.05) is 19.3 Å². The number of carbonyl (C=O) groups is 1. The number of carbonyl (C=O) groups excluding carboxylic acids is 1. The molecule has 0 unspecified atom stereocenters. The van der Waals surface area contributed by atoms with Crippen LogP contribution in [0.2, 0.25) is 0 Å². The van der Waals surface area contributed by atoms with E-state index in [1.54, 1.807) is 6.07 Å². The minimum absolute atomic E-state index is 0.00493. The van der Waals surface area contributed by atoms with E-state index in [0.717, 1.165) is 16.7 Å². The van der Waals surface area contributed by atoms with Crippen LogP contribution in [0.15, 0.2) is 66.1 Å². The second-order valence-electron chi connectivity index (χ2n) is 7.10. The number of benzene rings is 2. The molecule has 1 amide bonds. The van der Waals surface area contributed by atoms with Crippen molar-refractivity contribution in [1.82, 2.24) is 14.9 Å². The molecule has 1 aromatic heterocycles. The molecule has 1 N–H and O–H groups in total. The molecule has 1 aliphatic rings. The van der Waals surface area contributed by atoms with Crippen molar-refractivity contribution < 1.29 is 13.2 Å². The number of hydrogen-bond acceptors (Lipinski definition) is 4. The highest BCUT2D eigenvalue weighted by molar-refractivity contribution is 7.92. The lowest BCUT2D eigenvalue weighted by Gasteiger charge is -2.17. The maximum Gasteiger partial charge on any atom is 0.283 e. The lowest BCUT2D eigenvalue weighted by molar-refractivity contribution is -0.121. The number of fused-ring (bicyclic) bond motifs is 1. The summed E-state index contributed by atoms with van der Waals surface area (Å²) in [6.45, 7) is 2.83. The van der Waals surface area contributed by atoms with Crippen molar-refractivity contribution in [1.29, 1.82) is 0 Å². The molecule has 8 heteroatoms. The van der Waals surface area contributed by atoms with Gasteiger partial charge in [0.15, 0.2) is 5.03 Å². The van der Waals surface area contributed by atoms with Crippen molar-refractivity contribution >= 4 is 21.6 Å². The third-order valence-electron chi connectivity index (χ3n) is 4.94. The van der Waals surface area contributed by atoms with E-state index >= 15 is 0 Å². The molecule has 0 spiro atoms. The van der Waals surface area contributed by atoms with Gasteiger partial charge in [-0.05, 0) is 30.5 Å². The van der Waals surface area contributed by atoms with Gasteiger partial charge in [0.1, 0.15) is 6.54 Å². The van der Waals surface area contributed by atoms with Crippen molar-refractivity contribution in [2.75, 3.05) is 10.8 Å². The quantitative estimate of drug-likeness (QED) is 0.676. The summed E-state index contributed by atoms with van der Waals surface area (Å²) in [5, 5.41) is 2.78. The second-order valence-corrected chi connectivity index (χ2v) is 8.91. The minimum Gasteiger partial charge on any atom is -0.350 e. The van der Waals surface area contributed by atoms with Crippen LogP contribution in [0.5, 0.6) is 0 Å². The van der Waals surface area contributed by atoms with Crippen molar-refractivity contribution in [2.24, 2.45) is 0 Å². The Morgan fingerprint density at radius 1 is 1.14 bits per heavy atom. The standard InChI is InChI=1S/C21H22N4O3S/c1-16-6-8-17(9-7-16)12-22-20(26)13-24-14-21(23-15-24)29(27,28)25-11-10-18-4-2-3-5-19(18)25/h2-9,14-15H,10-13H2,1H3,(H,22,26). The molecular formula is C21H22N4O3S. The van der Waals surface area contributed by atoms with Crippen molar-refractivity contribution in [3.63, 3.8) is 0 Å². The predicted molar refractivity (Wildman–Crippen MR) is 110 cm³/mol. The maximum absolute atomic E-state index is 13.0. The number of imidazole rings is 1. The first kappa shape index (κ1) is 19.2. The van der Waals surface area contributed by atoms with Crippen LogP contribution in [-0.4, -0.2) is 30.4 Å². The zero-order chi connectivity index (χ0) is 20.4. The molecule has 2 heterocycles. The highest BCUT2D eigenvalue weighted by Crippen LogP contribution is 2.32. The molecular weight excluding hydrogens is 388 g/mol. The molecule has 150 valence electrons. The minimum atomic E-state index is -3.76. The molecule has 0 aliphatic carbocycles. The van der Waals surface area contributed by atoms with Crippen LogP contribution >= 0.6 is 0 Å². The fourth-order valence-corrected chi connectivity index (χ4v) is 4.80. The maximum atomic E-state index is 13.0. The summed E-state index contributed by atoms with van der Waals surface area (Å²) < 4.78 is 28.8. The van der Waals surface area contributed by atoms with Gasteiger partial charge >= 0.3 is 0 Å². The van der Waals surface area contributed by atoms with Gasteiger partial charge in [-0.25, -0.2) is 4.98 Å². The molecule has 0 atom stereocenters. The summed E-state index contributed by atoms with van der Waals surface area (Å²) in [6, 6.07) is 15.4. The SMILES string of the molecule is Cc1ccc(CNC(=O)Cn2cnc(S(=O)(=O)N3CCc4ccccc43)c2)cc1. The third-order valence-corrected chi connectivity index (χ3v) is 6.64. The van der Waals surface area contributed by atoms with Crippen LogP contribution in [0.3, 0.4) is 0 Å². The lowest BCUT2D eigenvalue weighted by Crippen LogP contribution is -2.29. The van der Waals surface area contributed by atoms with Crippen LogP contribution in [0, 0.1) is 6.92 Å². The number of aryl methyl sites for hydroxylation is 1. The van der Waals surface area contributed by atoms with Crippen molar-refractivity contribution in [3.8, 4) is 0 Å². The Labute approximate surface area is 170 Å². The molecule has 3 aromatic rings. The average Bonchev–Trinajstić information content (AvgIpc) is 3.35. The smallest absolute Gasteiger partial charge is 0.283 e. The molecule has 4 rings (SSSR count). The Bertz CT molecular complexity index is 1140. The first-order chi connectivity index (χ1) is 13.9. The first-order valence-electron chi connectivity index (χ1n) is 9.38.